The number of hydrogen-bond acceptors (Lipinski definition) is 8. The first-order valence-electron chi connectivity index (χ1n) is 12.9. The highest BCUT2D eigenvalue weighted by Gasteiger charge is 2.66. The summed E-state index contributed by atoms with van der Waals surface area (Å²) in [7, 11) is 0. The second-order valence-electron chi connectivity index (χ2n) is 11.7. The van der Waals surface area contributed by atoms with Gasteiger partial charge in [0.15, 0.2) is 11.6 Å². The number of carbonyl (C=O) groups is 2. The summed E-state index contributed by atoms with van der Waals surface area (Å²) in [4.78, 5) is 28.3. The van der Waals surface area contributed by atoms with E-state index in [-0.39, 0.29) is 66.5 Å². The Morgan fingerprint density at radius 2 is 1.28 bits per heavy atom. The lowest BCUT2D eigenvalue weighted by Gasteiger charge is -2.60. The Morgan fingerprint density at radius 1 is 0.692 bits per heavy atom. The zero-order chi connectivity index (χ0) is 27.6. The smallest absolute Gasteiger partial charge is 0.178 e. The van der Waals surface area contributed by atoms with Gasteiger partial charge in [-0.25, -0.2) is 0 Å². The molecule has 2 fully saturated rings. The van der Waals surface area contributed by atoms with Gasteiger partial charge in [-0.2, -0.15) is 0 Å². The second-order valence-corrected chi connectivity index (χ2v) is 12.8. The largest absolute Gasteiger partial charge is 0.511 e. The minimum Gasteiger partial charge on any atom is -0.511 e. The lowest BCUT2D eigenvalue weighted by Crippen LogP contribution is -2.57. The van der Waals surface area contributed by atoms with Crippen LogP contribution in [0.2, 0.25) is 0 Å². The molecule has 0 saturated heterocycles. The quantitative estimate of drug-likeness (QED) is 0.213. The van der Waals surface area contributed by atoms with Crippen LogP contribution >= 0.6 is 22.6 Å². The molecule has 0 bridgehead atoms. The normalized spacial score (nSPS) is 39.7. The Labute approximate surface area is 235 Å². The molecule has 8 nitrogen and oxygen atoms in total. The minimum absolute atomic E-state index is 0.0555. The molecule has 0 amide bonds. The van der Waals surface area contributed by atoms with Gasteiger partial charge >= 0.3 is 0 Å². The molecule has 0 aromatic rings. The minimum atomic E-state index is -1.37. The monoisotopic (exact) mass is 634 g/mol. The maximum atomic E-state index is 14.2. The van der Waals surface area contributed by atoms with E-state index in [1.54, 1.807) is 34.7 Å². The van der Waals surface area contributed by atoms with E-state index >= 15 is 0 Å². The lowest BCUT2D eigenvalue weighted by molar-refractivity contribution is -0.123. The van der Waals surface area contributed by atoms with Crippen molar-refractivity contribution in [1.82, 2.24) is 0 Å². The van der Waals surface area contributed by atoms with Crippen LogP contribution in [-0.4, -0.2) is 48.3 Å². The van der Waals surface area contributed by atoms with Gasteiger partial charge in [-0.3, -0.25) is 9.59 Å². The molecule has 198 valence electrons. The van der Waals surface area contributed by atoms with Crippen molar-refractivity contribution in [3.8, 4) is 0 Å². The first-order chi connectivity index (χ1) is 18.5. The molecule has 9 heteroatoms. The molecular weight excluding hydrogens is 611 g/mol. The van der Waals surface area contributed by atoms with Crippen LogP contribution in [0, 0.1) is 41.4 Å². The van der Waals surface area contributed by atoms with Crippen molar-refractivity contribution in [1.29, 1.82) is 0 Å². The van der Waals surface area contributed by atoms with Crippen molar-refractivity contribution < 1.29 is 40.2 Å². The molecular formula is C30H23IO8. The molecule has 0 heterocycles. The summed E-state index contributed by atoms with van der Waals surface area (Å²) in [6, 6.07) is 0. The van der Waals surface area contributed by atoms with E-state index in [2.05, 4.69) is 0 Å². The second kappa shape index (κ2) is 7.06. The number of rotatable bonds is 0. The van der Waals surface area contributed by atoms with Crippen molar-refractivity contribution in [3.05, 3.63) is 101 Å². The number of carbonyl (C=O) groups excluding carboxylic acids is 2. The Balaban J connectivity index is 1.61. The molecule has 6 N–H and O–H groups in total. The average molecular weight is 634 g/mol. The predicted octanol–water partition coefficient (Wildman–Crippen LogP) is 4.48. The van der Waals surface area contributed by atoms with Crippen LogP contribution < -0.4 is 0 Å². The predicted molar refractivity (Wildman–Crippen MR) is 145 cm³/mol. The molecule has 8 rings (SSSR count). The topological polar surface area (TPSA) is 156 Å². The summed E-state index contributed by atoms with van der Waals surface area (Å²) in [5.41, 5.74) is 4.26. The number of hydrogen-bond donors (Lipinski definition) is 6. The maximum Gasteiger partial charge on any atom is 0.178 e. The summed E-state index contributed by atoms with van der Waals surface area (Å²) < 4.78 is 0.0555. The molecule has 0 aliphatic heterocycles. The molecule has 39 heavy (non-hydrogen) atoms. The zero-order valence-corrected chi connectivity index (χ0v) is 22.9. The van der Waals surface area contributed by atoms with Gasteiger partial charge in [0, 0.05) is 34.5 Å². The number of halogens is 1. The van der Waals surface area contributed by atoms with Gasteiger partial charge < -0.3 is 30.6 Å². The highest BCUT2D eigenvalue weighted by molar-refractivity contribution is 14.1. The number of Topliss-reactive ketones (excluding diaryl/α,β-unsaturated/α-hetero) is 2. The summed E-state index contributed by atoms with van der Waals surface area (Å²) in [6.07, 6.45) is 2.94. The van der Waals surface area contributed by atoms with Crippen LogP contribution in [0.1, 0.15) is 13.8 Å². The van der Waals surface area contributed by atoms with Gasteiger partial charge in [0.25, 0.3) is 0 Å². The molecule has 2 saturated carbocycles. The number of aliphatic hydroxyl groups excluding tert-OH is 6. The van der Waals surface area contributed by atoms with Crippen LogP contribution in [0.25, 0.3) is 0 Å². The summed E-state index contributed by atoms with van der Waals surface area (Å²) in [6.45, 7) is 3.75. The van der Waals surface area contributed by atoms with Gasteiger partial charge in [-0.05, 0) is 88.8 Å². The van der Waals surface area contributed by atoms with Crippen molar-refractivity contribution in [3.63, 3.8) is 0 Å². The molecule has 8 unspecified atom stereocenters. The maximum absolute atomic E-state index is 14.2. The summed E-state index contributed by atoms with van der Waals surface area (Å²) in [5.74, 6) is -7.24. The average Bonchev–Trinajstić information content (AvgIpc) is 2.86. The molecule has 0 spiro atoms. The fourth-order valence-electron chi connectivity index (χ4n) is 8.98. The number of allylic oxidation sites excluding steroid dienone is 11. The van der Waals surface area contributed by atoms with Gasteiger partial charge in [-0.1, -0.05) is 11.1 Å². The molecule has 0 aromatic carbocycles. The fourth-order valence-corrected chi connectivity index (χ4v) is 9.60. The number of aliphatic hydroxyl groups is 6. The van der Waals surface area contributed by atoms with Crippen LogP contribution in [0.5, 0.6) is 0 Å². The van der Waals surface area contributed by atoms with Crippen molar-refractivity contribution in [2.75, 3.05) is 0 Å². The van der Waals surface area contributed by atoms with E-state index < -0.39 is 47.3 Å². The number of fused-ring (bicyclic) bond motifs is 2. The Hall–Kier alpha value is -3.31. The third-order valence-electron chi connectivity index (χ3n) is 10.1. The van der Waals surface area contributed by atoms with Gasteiger partial charge in [-0.15, -0.1) is 0 Å². The van der Waals surface area contributed by atoms with E-state index in [0.29, 0.717) is 16.7 Å². The van der Waals surface area contributed by atoms with E-state index in [0.717, 1.165) is 17.2 Å². The van der Waals surface area contributed by atoms with Crippen molar-refractivity contribution >= 4 is 34.2 Å². The highest BCUT2D eigenvalue weighted by Crippen LogP contribution is 2.70. The van der Waals surface area contributed by atoms with Gasteiger partial charge in [0.1, 0.15) is 40.8 Å². The standard InChI is InChI=1S/C30H23IO8/c1-6-3-8(32)15-18-12(6)13-7(2)4-9(33)16-19(13)22-21(18)20-14(10(34)5-11(35)17(20)27(15)36)24-23(22)25(28(16)37)30(39)26(31)29(24)38/h3-5,10,12-13,17-19,23,25,32-35,38-39H,1-2H3/i31-4. The van der Waals surface area contributed by atoms with Crippen LogP contribution in [0.15, 0.2) is 101 Å². The first kappa shape index (κ1) is 23.6. The SMILES string of the molecule is CC1=CC(O)=C2C(=O)C3C(O)=CC(O)C4=C3C3=C5C6C4=C(O)C([123I])=C(O)C6C(=O)C4=C(O)C=C(C)C(C45)C1C23. The zero-order valence-electron chi connectivity index (χ0n) is 20.7. The van der Waals surface area contributed by atoms with Crippen molar-refractivity contribution in [2.45, 2.75) is 20.0 Å². The summed E-state index contributed by atoms with van der Waals surface area (Å²) >= 11 is 1.77. The molecule has 8 atom stereocenters. The first-order valence-corrected chi connectivity index (χ1v) is 14.0. The molecule has 0 radical (unpaired) electrons. The molecule has 8 aliphatic carbocycles. The lowest BCUT2D eigenvalue weighted by atomic mass is 9.42. The van der Waals surface area contributed by atoms with E-state index in [1.165, 1.54) is 0 Å². The third-order valence-corrected chi connectivity index (χ3v) is 11.2. The van der Waals surface area contributed by atoms with E-state index in [4.69, 9.17) is 0 Å². The van der Waals surface area contributed by atoms with Crippen LogP contribution in [-0.2, 0) is 9.59 Å². The fraction of sp³-hybridized carbons (Fsp3) is 0.333. The van der Waals surface area contributed by atoms with E-state index in [9.17, 15) is 40.2 Å². The van der Waals surface area contributed by atoms with Gasteiger partial charge in [0.05, 0.1) is 9.50 Å². The van der Waals surface area contributed by atoms with E-state index in [1.807, 2.05) is 13.8 Å². The van der Waals surface area contributed by atoms with Crippen LogP contribution in [0.4, 0.5) is 0 Å². The third kappa shape index (κ3) is 2.38. The van der Waals surface area contributed by atoms with Gasteiger partial charge in [0.2, 0.25) is 0 Å². The summed E-state index contributed by atoms with van der Waals surface area (Å²) in [5, 5.41) is 67.3. The number of ketones is 2. The Kier molecular flexibility index (Phi) is 4.27. The van der Waals surface area contributed by atoms with Crippen LogP contribution in [0.3, 0.4) is 0 Å². The highest BCUT2D eigenvalue weighted by atomic mass is 123. The Morgan fingerprint density at radius 3 is 1.92 bits per heavy atom. The van der Waals surface area contributed by atoms with Crippen molar-refractivity contribution in [2.24, 2.45) is 41.4 Å². The Bertz CT molecular complexity index is 1720. The molecule has 0 aromatic heterocycles. The molecule has 8 aliphatic rings.